The number of anilines is 1. The van der Waals surface area contributed by atoms with E-state index in [1.165, 1.54) is 18.2 Å². The fourth-order valence-electron chi connectivity index (χ4n) is 1.85. The first-order valence-electron chi connectivity index (χ1n) is 5.87. The Bertz CT molecular complexity index is 602. The molecule has 1 unspecified atom stereocenters. The summed E-state index contributed by atoms with van der Waals surface area (Å²) in [6, 6.07) is 8.50. The van der Waals surface area contributed by atoms with Crippen molar-refractivity contribution in [2.75, 3.05) is 11.9 Å². The van der Waals surface area contributed by atoms with Crippen molar-refractivity contribution < 1.29 is 8.78 Å². The van der Waals surface area contributed by atoms with E-state index in [4.69, 9.17) is 17.3 Å². The highest BCUT2D eigenvalue weighted by atomic mass is 79.9. The summed E-state index contributed by atoms with van der Waals surface area (Å²) in [5.74, 6) is -0.783. The third-order valence-electron chi connectivity index (χ3n) is 2.79. The van der Waals surface area contributed by atoms with Crippen LogP contribution in [0.1, 0.15) is 11.6 Å². The van der Waals surface area contributed by atoms with Gasteiger partial charge in [0, 0.05) is 17.3 Å². The zero-order valence-electron chi connectivity index (χ0n) is 10.3. The van der Waals surface area contributed by atoms with E-state index >= 15 is 0 Å². The summed E-state index contributed by atoms with van der Waals surface area (Å²) < 4.78 is 26.9. The van der Waals surface area contributed by atoms with Gasteiger partial charge in [-0.1, -0.05) is 17.7 Å². The first-order valence-corrected chi connectivity index (χ1v) is 7.04. The SMILES string of the molecule is NCC(Nc1cc(F)cc(Cl)c1)c1ccc(F)c(Br)c1. The van der Waals surface area contributed by atoms with Crippen molar-refractivity contribution >= 4 is 33.2 Å². The van der Waals surface area contributed by atoms with E-state index in [9.17, 15) is 8.78 Å². The van der Waals surface area contributed by atoms with E-state index in [1.54, 1.807) is 18.2 Å². The topological polar surface area (TPSA) is 38.0 Å². The zero-order valence-corrected chi connectivity index (χ0v) is 12.7. The van der Waals surface area contributed by atoms with Crippen LogP contribution in [0.3, 0.4) is 0 Å². The Morgan fingerprint density at radius 3 is 2.55 bits per heavy atom. The first-order chi connectivity index (χ1) is 9.49. The van der Waals surface area contributed by atoms with Gasteiger partial charge >= 0.3 is 0 Å². The van der Waals surface area contributed by atoms with E-state index in [2.05, 4.69) is 21.2 Å². The Morgan fingerprint density at radius 1 is 1.20 bits per heavy atom. The number of halogens is 4. The second kappa shape index (κ2) is 6.52. The number of hydrogen-bond acceptors (Lipinski definition) is 2. The quantitative estimate of drug-likeness (QED) is 0.842. The highest BCUT2D eigenvalue weighted by Crippen LogP contribution is 2.25. The van der Waals surface area contributed by atoms with E-state index < -0.39 is 5.82 Å². The molecule has 0 bridgehead atoms. The van der Waals surface area contributed by atoms with Gasteiger partial charge in [0.15, 0.2) is 0 Å². The van der Waals surface area contributed by atoms with Gasteiger partial charge in [-0.15, -0.1) is 0 Å². The molecule has 6 heteroatoms. The second-order valence-corrected chi connectivity index (χ2v) is 5.56. The van der Waals surface area contributed by atoms with E-state index in [1.807, 2.05) is 0 Å². The summed E-state index contributed by atoms with van der Waals surface area (Å²) in [6.07, 6.45) is 0. The van der Waals surface area contributed by atoms with Crippen molar-refractivity contribution in [2.24, 2.45) is 5.73 Å². The highest BCUT2D eigenvalue weighted by molar-refractivity contribution is 9.10. The maximum absolute atomic E-state index is 13.3. The van der Waals surface area contributed by atoms with Crippen LogP contribution in [0.15, 0.2) is 40.9 Å². The number of benzene rings is 2. The van der Waals surface area contributed by atoms with E-state index in [0.29, 0.717) is 15.2 Å². The van der Waals surface area contributed by atoms with Crippen molar-refractivity contribution in [1.29, 1.82) is 0 Å². The van der Waals surface area contributed by atoms with Gasteiger partial charge in [-0.05, 0) is 51.8 Å². The molecule has 0 aromatic heterocycles. The maximum atomic E-state index is 13.3. The number of nitrogens with one attached hydrogen (secondary N) is 1. The summed E-state index contributed by atoms with van der Waals surface area (Å²) in [5, 5.41) is 3.38. The molecule has 20 heavy (non-hydrogen) atoms. The number of hydrogen-bond donors (Lipinski definition) is 2. The molecule has 0 fully saturated rings. The molecule has 0 spiro atoms. The van der Waals surface area contributed by atoms with Crippen LogP contribution in [-0.2, 0) is 0 Å². The monoisotopic (exact) mass is 360 g/mol. The third kappa shape index (κ3) is 3.69. The Morgan fingerprint density at radius 2 is 1.95 bits per heavy atom. The average Bonchev–Trinajstić information content (AvgIpc) is 2.38. The molecule has 106 valence electrons. The van der Waals surface area contributed by atoms with Crippen LogP contribution < -0.4 is 11.1 Å². The van der Waals surface area contributed by atoms with Crippen molar-refractivity contribution in [3.8, 4) is 0 Å². The predicted molar refractivity (Wildman–Crippen MR) is 80.9 cm³/mol. The lowest BCUT2D eigenvalue weighted by atomic mass is 10.1. The Balaban J connectivity index is 2.26. The van der Waals surface area contributed by atoms with Crippen molar-refractivity contribution in [3.05, 3.63) is 63.1 Å². The van der Waals surface area contributed by atoms with Crippen LogP contribution in [-0.4, -0.2) is 6.54 Å². The molecule has 2 aromatic carbocycles. The van der Waals surface area contributed by atoms with Crippen LogP contribution in [0.25, 0.3) is 0 Å². The molecular weight excluding hydrogens is 350 g/mol. The normalized spacial score (nSPS) is 12.2. The summed E-state index contributed by atoms with van der Waals surface area (Å²) >= 11 is 8.93. The molecular formula is C14H12BrClF2N2. The first kappa shape index (κ1) is 15.2. The molecule has 0 amide bonds. The molecule has 2 nitrogen and oxygen atoms in total. The molecule has 0 aliphatic rings. The minimum Gasteiger partial charge on any atom is -0.377 e. The fourth-order valence-corrected chi connectivity index (χ4v) is 2.46. The van der Waals surface area contributed by atoms with Gasteiger partial charge in [-0.2, -0.15) is 0 Å². The van der Waals surface area contributed by atoms with E-state index in [-0.39, 0.29) is 18.4 Å². The standard InChI is InChI=1S/C14H12BrClF2N2/c15-12-3-8(1-2-13(12)18)14(7-19)20-11-5-9(16)4-10(17)6-11/h1-6,14,20H,7,19H2. The van der Waals surface area contributed by atoms with Crippen LogP contribution in [0.4, 0.5) is 14.5 Å². The molecule has 0 saturated carbocycles. The predicted octanol–water partition coefficient (Wildman–Crippen LogP) is 4.49. The minimum atomic E-state index is -0.434. The van der Waals surface area contributed by atoms with Crippen LogP contribution in [0, 0.1) is 11.6 Å². The van der Waals surface area contributed by atoms with Crippen LogP contribution in [0.2, 0.25) is 5.02 Å². The van der Waals surface area contributed by atoms with Gasteiger partial charge in [0.25, 0.3) is 0 Å². The smallest absolute Gasteiger partial charge is 0.137 e. The van der Waals surface area contributed by atoms with Gasteiger partial charge in [-0.3, -0.25) is 0 Å². The molecule has 0 radical (unpaired) electrons. The largest absolute Gasteiger partial charge is 0.377 e. The molecule has 0 aliphatic heterocycles. The number of nitrogens with two attached hydrogens (primary N) is 1. The van der Waals surface area contributed by atoms with Gasteiger partial charge in [-0.25, -0.2) is 8.78 Å². The summed E-state index contributed by atoms with van der Waals surface area (Å²) in [6.45, 7) is 0.270. The summed E-state index contributed by atoms with van der Waals surface area (Å²) in [5.41, 5.74) is 7.03. The molecule has 1 atom stereocenters. The lowest BCUT2D eigenvalue weighted by Gasteiger charge is -2.19. The lowest BCUT2D eigenvalue weighted by molar-refractivity contribution is 0.619. The second-order valence-electron chi connectivity index (χ2n) is 4.26. The zero-order chi connectivity index (χ0) is 14.7. The number of rotatable bonds is 4. The molecule has 0 heterocycles. The van der Waals surface area contributed by atoms with Gasteiger partial charge < -0.3 is 11.1 Å². The van der Waals surface area contributed by atoms with Gasteiger partial charge in [0.1, 0.15) is 11.6 Å². The molecule has 3 N–H and O–H groups in total. The Hall–Kier alpha value is -1.17. The highest BCUT2D eigenvalue weighted by Gasteiger charge is 2.12. The van der Waals surface area contributed by atoms with Crippen LogP contribution >= 0.6 is 27.5 Å². The van der Waals surface area contributed by atoms with E-state index in [0.717, 1.165) is 5.56 Å². The summed E-state index contributed by atoms with van der Waals surface area (Å²) in [4.78, 5) is 0. The van der Waals surface area contributed by atoms with Crippen molar-refractivity contribution in [3.63, 3.8) is 0 Å². The van der Waals surface area contributed by atoms with Crippen LogP contribution in [0.5, 0.6) is 0 Å². The lowest BCUT2D eigenvalue weighted by Crippen LogP contribution is -2.20. The molecule has 2 aromatic rings. The molecule has 0 aliphatic carbocycles. The maximum Gasteiger partial charge on any atom is 0.137 e. The Kier molecular flexibility index (Phi) is 4.96. The molecule has 2 rings (SSSR count). The Labute approximate surface area is 129 Å². The van der Waals surface area contributed by atoms with Crippen molar-refractivity contribution in [2.45, 2.75) is 6.04 Å². The van der Waals surface area contributed by atoms with Gasteiger partial charge in [0.2, 0.25) is 0 Å². The minimum absolute atomic E-state index is 0.270. The molecule has 0 saturated heterocycles. The van der Waals surface area contributed by atoms with Crippen molar-refractivity contribution in [1.82, 2.24) is 0 Å². The third-order valence-corrected chi connectivity index (χ3v) is 3.61. The fraction of sp³-hybridized carbons (Fsp3) is 0.143. The summed E-state index contributed by atoms with van der Waals surface area (Å²) in [7, 11) is 0. The van der Waals surface area contributed by atoms with Gasteiger partial charge in [0.05, 0.1) is 10.5 Å². The average molecular weight is 362 g/mol.